The average molecular weight is 278 g/mol. The summed E-state index contributed by atoms with van der Waals surface area (Å²) in [7, 11) is 1.79. The first-order valence-corrected chi connectivity index (χ1v) is 7.15. The summed E-state index contributed by atoms with van der Waals surface area (Å²) in [5.74, 6) is -0.213. The molecule has 0 aromatic heterocycles. The van der Waals surface area contributed by atoms with Gasteiger partial charge in [-0.15, -0.1) is 0 Å². The molecule has 0 saturated carbocycles. The second-order valence-corrected chi connectivity index (χ2v) is 5.10. The van der Waals surface area contributed by atoms with Gasteiger partial charge in [-0.3, -0.25) is 0 Å². The minimum Gasteiger partial charge on any atom is -0.465 e. The first-order chi connectivity index (χ1) is 9.48. The van der Waals surface area contributed by atoms with Gasteiger partial charge in [-0.05, 0) is 46.4 Å². The molecular weight excluding hydrogens is 252 g/mol. The number of rotatable bonds is 7. The Morgan fingerprint density at radius 3 is 2.50 bits per heavy atom. The van der Waals surface area contributed by atoms with Crippen LogP contribution in [0, 0.1) is 6.92 Å². The van der Waals surface area contributed by atoms with Gasteiger partial charge < -0.3 is 15.0 Å². The van der Waals surface area contributed by atoms with Crippen molar-refractivity contribution in [1.29, 1.82) is 0 Å². The highest BCUT2D eigenvalue weighted by molar-refractivity contribution is 5.81. The largest absolute Gasteiger partial charge is 0.465 e. The molecule has 4 heteroatoms. The Bertz CT molecular complexity index is 448. The number of benzene rings is 1. The van der Waals surface area contributed by atoms with E-state index in [1.54, 1.807) is 7.05 Å². The van der Waals surface area contributed by atoms with Crippen molar-refractivity contribution >= 4 is 11.7 Å². The maximum absolute atomic E-state index is 12.2. The van der Waals surface area contributed by atoms with Crippen LogP contribution in [0.15, 0.2) is 24.3 Å². The minimum absolute atomic E-state index is 0.213. The third-order valence-electron chi connectivity index (χ3n) is 3.62. The number of hydrogen-bond acceptors (Lipinski definition) is 4. The molecule has 0 saturated heterocycles. The second-order valence-electron chi connectivity index (χ2n) is 5.10. The predicted octanol–water partition coefficient (Wildman–Crippen LogP) is 2.36. The van der Waals surface area contributed by atoms with Gasteiger partial charge in [-0.1, -0.05) is 18.2 Å². The summed E-state index contributed by atoms with van der Waals surface area (Å²) in [6.07, 6.45) is 0. The third-order valence-corrected chi connectivity index (χ3v) is 3.62. The zero-order valence-corrected chi connectivity index (χ0v) is 13.2. The van der Waals surface area contributed by atoms with Crippen LogP contribution in [0.2, 0.25) is 0 Å². The maximum Gasteiger partial charge on any atom is 0.327 e. The topological polar surface area (TPSA) is 41.6 Å². The molecule has 0 aliphatic rings. The van der Waals surface area contributed by atoms with E-state index in [0.29, 0.717) is 13.2 Å². The van der Waals surface area contributed by atoms with Crippen molar-refractivity contribution in [3.05, 3.63) is 29.8 Å². The molecule has 112 valence electrons. The molecule has 1 unspecified atom stereocenters. The molecule has 0 heterocycles. The van der Waals surface area contributed by atoms with E-state index in [1.165, 1.54) is 5.56 Å². The summed E-state index contributed by atoms with van der Waals surface area (Å²) in [5.41, 5.74) is 1.64. The van der Waals surface area contributed by atoms with Crippen LogP contribution in [-0.2, 0) is 9.53 Å². The van der Waals surface area contributed by atoms with Crippen molar-refractivity contribution in [2.24, 2.45) is 0 Å². The van der Waals surface area contributed by atoms with Gasteiger partial charge in [0.15, 0.2) is 0 Å². The Balaban J connectivity index is 2.96. The second kappa shape index (κ2) is 7.29. The summed E-state index contributed by atoms with van der Waals surface area (Å²) < 4.78 is 5.18. The SMILES string of the molecule is CCOC(=O)C(C)(CN(CC)c1ccccc1C)NC. The van der Waals surface area contributed by atoms with E-state index in [0.717, 1.165) is 12.2 Å². The normalized spacial score (nSPS) is 13.7. The lowest BCUT2D eigenvalue weighted by atomic mass is 10.0. The van der Waals surface area contributed by atoms with Gasteiger partial charge in [0.05, 0.1) is 6.61 Å². The number of nitrogens with zero attached hydrogens (tertiary/aromatic N) is 1. The molecule has 0 bridgehead atoms. The van der Waals surface area contributed by atoms with Crippen LogP contribution in [0.1, 0.15) is 26.3 Å². The minimum atomic E-state index is -0.714. The van der Waals surface area contributed by atoms with E-state index in [9.17, 15) is 4.79 Å². The number of anilines is 1. The quantitative estimate of drug-likeness (QED) is 0.778. The number of hydrogen-bond donors (Lipinski definition) is 1. The van der Waals surface area contributed by atoms with Gasteiger partial charge >= 0.3 is 5.97 Å². The summed E-state index contributed by atoms with van der Waals surface area (Å²) >= 11 is 0. The summed E-state index contributed by atoms with van der Waals surface area (Å²) in [4.78, 5) is 14.3. The van der Waals surface area contributed by atoms with Gasteiger partial charge in [-0.2, -0.15) is 0 Å². The van der Waals surface area contributed by atoms with Crippen LogP contribution in [-0.4, -0.2) is 38.3 Å². The number of carbonyl (C=O) groups is 1. The molecule has 1 aromatic carbocycles. The Kier molecular flexibility index (Phi) is 6.02. The summed E-state index contributed by atoms with van der Waals surface area (Å²) in [6.45, 7) is 9.68. The van der Waals surface area contributed by atoms with Crippen LogP contribution < -0.4 is 10.2 Å². The third kappa shape index (κ3) is 3.73. The monoisotopic (exact) mass is 278 g/mol. The van der Waals surface area contributed by atoms with Crippen molar-refractivity contribution < 1.29 is 9.53 Å². The highest BCUT2D eigenvalue weighted by Crippen LogP contribution is 2.21. The van der Waals surface area contributed by atoms with Crippen LogP contribution in [0.25, 0.3) is 0 Å². The molecular formula is C16H26N2O2. The van der Waals surface area contributed by atoms with Crippen molar-refractivity contribution in [2.75, 3.05) is 31.6 Å². The van der Waals surface area contributed by atoms with Gasteiger partial charge in [0.25, 0.3) is 0 Å². The Hall–Kier alpha value is -1.55. The molecule has 1 aromatic rings. The highest BCUT2D eigenvalue weighted by atomic mass is 16.5. The number of para-hydroxylation sites is 1. The van der Waals surface area contributed by atoms with E-state index < -0.39 is 5.54 Å². The standard InChI is InChI=1S/C16H26N2O2/c1-6-18(14-11-9-8-10-13(14)3)12-16(4,17-5)15(19)20-7-2/h8-11,17H,6-7,12H2,1-5H3. The number of aryl methyl sites for hydroxylation is 1. The van der Waals surface area contributed by atoms with E-state index in [-0.39, 0.29) is 5.97 Å². The number of likely N-dealkylation sites (N-methyl/N-ethyl adjacent to an activating group) is 2. The van der Waals surface area contributed by atoms with Crippen molar-refractivity contribution in [2.45, 2.75) is 33.2 Å². The Labute approximate surface area is 122 Å². The van der Waals surface area contributed by atoms with Crippen LogP contribution in [0.3, 0.4) is 0 Å². The number of carbonyl (C=O) groups excluding carboxylic acids is 1. The molecule has 20 heavy (non-hydrogen) atoms. The molecule has 0 aliphatic carbocycles. The van der Waals surface area contributed by atoms with Gasteiger partial charge in [-0.25, -0.2) is 4.79 Å². The lowest BCUT2D eigenvalue weighted by Crippen LogP contribution is -2.56. The molecule has 0 aliphatic heterocycles. The summed E-state index contributed by atoms with van der Waals surface area (Å²) in [5, 5.41) is 3.10. The molecule has 0 fully saturated rings. The van der Waals surface area contributed by atoms with E-state index in [1.807, 2.05) is 26.0 Å². The predicted molar refractivity (Wildman–Crippen MR) is 83.2 cm³/mol. The maximum atomic E-state index is 12.2. The zero-order valence-electron chi connectivity index (χ0n) is 13.2. The lowest BCUT2D eigenvalue weighted by Gasteiger charge is -2.34. The van der Waals surface area contributed by atoms with Gasteiger partial charge in [0.1, 0.15) is 5.54 Å². The van der Waals surface area contributed by atoms with E-state index in [2.05, 4.69) is 36.2 Å². The Morgan fingerprint density at radius 1 is 1.35 bits per heavy atom. The first-order valence-electron chi connectivity index (χ1n) is 7.15. The molecule has 4 nitrogen and oxygen atoms in total. The molecule has 1 atom stereocenters. The van der Waals surface area contributed by atoms with Gasteiger partial charge in [0.2, 0.25) is 0 Å². The number of esters is 1. The fraction of sp³-hybridized carbons (Fsp3) is 0.562. The molecule has 0 spiro atoms. The van der Waals surface area contributed by atoms with Crippen molar-refractivity contribution in [3.8, 4) is 0 Å². The highest BCUT2D eigenvalue weighted by Gasteiger charge is 2.35. The molecule has 1 rings (SSSR count). The molecule has 1 N–H and O–H groups in total. The fourth-order valence-electron chi connectivity index (χ4n) is 2.20. The van der Waals surface area contributed by atoms with E-state index >= 15 is 0 Å². The number of ether oxygens (including phenoxy) is 1. The smallest absolute Gasteiger partial charge is 0.327 e. The van der Waals surface area contributed by atoms with Crippen LogP contribution >= 0.6 is 0 Å². The van der Waals surface area contributed by atoms with Crippen LogP contribution in [0.4, 0.5) is 5.69 Å². The zero-order chi connectivity index (χ0) is 15.2. The van der Waals surface area contributed by atoms with E-state index in [4.69, 9.17) is 4.74 Å². The number of nitrogens with one attached hydrogen (secondary N) is 1. The van der Waals surface area contributed by atoms with Crippen molar-refractivity contribution in [1.82, 2.24) is 5.32 Å². The van der Waals surface area contributed by atoms with Crippen molar-refractivity contribution in [3.63, 3.8) is 0 Å². The fourth-order valence-corrected chi connectivity index (χ4v) is 2.20. The average Bonchev–Trinajstić information content (AvgIpc) is 2.45. The lowest BCUT2D eigenvalue weighted by molar-refractivity contribution is -0.149. The summed E-state index contributed by atoms with van der Waals surface area (Å²) in [6, 6.07) is 8.21. The van der Waals surface area contributed by atoms with Crippen LogP contribution in [0.5, 0.6) is 0 Å². The molecule has 0 amide bonds. The molecule has 0 radical (unpaired) electrons. The Morgan fingerprint density at radius 2 is 2.00 bits per heavy atom. The first kappa shape index (κ1) is 16.5. The van der Waals surface area contributed by atoms with Gasteiger partial charge in [0, 0.05) is 18.8 Å².